The summed E-state index contributed by atoms with van der Waals surface area (Å²) in [5, 5.41) is 11.4. The third-order valence-corrected chi connectivity index (χ3v) is 4.78. The SMILES string of the molecule is COc1ccc(Cn2nnc3cc(C(=O)NCC4CCCO4)ccc32)cc1. The zero-order valence-electron chi connectivity index (χ0n) is 15.2. The number of carbonyl (C=O) groups excluding carboxylic acids is 1. The molecule has 3 aromatic rings. The topological polar surface area (TPSA) is 78.3 Å². The van der Waals surface area contributed by atoms with Crippen LogP contribution in [0.2, 0.25) is 0 Å². The number of ether oxygens (including phenoxy) is 2. The minimum Gasteiger partial charge on any atom is -0.497 e. The summed E-state index contributed by atoms with van der Waals surface area (Å²) in [7, 11) is 1.65. The fourth-order valence-electron chi connectivity index (χ4n) is 3.25. The van der Waals surface area contributed by atoms with Crippen molar-refractivity contribution in [2.45, 2.75) is 25.5 Å². The zero-order valence-corrected chi connectivity index (χ0v) is 15.2. The highest BCUT2D eigenvalue weighted by atomic mass is 16.5. The molecular weight excluding hydrogens is 344 g/mol. The van der Waals surface area contributed by atoms with E-state index < -0.39 is 0 Å². The molecule has 7 nitrogen and oxygen atoms in total. The molecule has 1 aliphatic heterocycles. The number of nitrogens with zero attached hydrogens (tertiary/aromatic N) is 3. The summed E-state index contributed by atoms with van der Waals surface area (Å²) in [5.41, 5.74) is 3.27. The molecule has 0 bridgehead atoms. The zero-order chi connectivity index (χ0) is 18.6. The summed E-state index contributed by atoms with van der Waals surface area (Å²) in [6.07, 6.45) is 2.19. The van der Waals surface area contributed by atoms with Gasteiger partial charge in [0.05, 0.1) is 25.3 Å². The minimum atomic E-state index is -0.114. The third-order valence-electron chi connectivity index (χ3n) is 4.78. The van der Waals surface area contributed by atoms with Gasteiger partial charge in [0.2, 0.25) is 0 Å². The standard InChI is InChI=1S/C20H22N4O3/c1-26-16-7-4-14(5-8-16)13-24-19-9-6-15(11-18(19)22-23-24)20(25)21-12-17-3-2-10-27-17/h4-9,11,17H,2-3,10,12-13H2,1H3,(H,21,25). The van der Waals surface area contributed by atoms with Gasteiger partial charge in [-0.15, -0.1) is 5.10 Å². The monoisotopic (exact) mass is 366 g/mol. The molecule has 0 spiro atoms. The molecule has 0 radical (unpaired) electrons. The molecule has 1 N–H and O–H groups in total. The van der Waals surface area contributed by atoms with E-state index >= 15 is 0 Å². The number of rotatable bonds is 6. The van der Waals surface area contributed by atoms with Crippen LogP contribution < -0.4 is 10.1 Å². The second kappa shape index (κ2) is 7.75. The molecule has 1 unspecified atom stereocenters. The van der Waals surface area contributed by atoms with Crippen molar-refractivity contribution in [1.82, 2.24) is 20.3 Å². The van der Waals surface area contributed by atoms with E-state index in [4.69, 9.17) is 9.47 Å². The van der Waals surface area contributed by atoms with Crippen molar-refractivity contribution in [2.75, 3.05) is 20.3 Å². The first-order valence-corrected chi connectivity index (χ1v) is 9.09. The number of carbonyl (C=O) groups is 1. The predicted octanol–water partition coefficient (Wildman–Crippen LogP) is 2.40. The van der Waals surface area contributed by atoms with Gasteiger partial charge >= 0.3 is 0 Å². The van der Waals surface area contributed by atoms with Crippen molar-refractivity contribution in [1.29, 1.82) is 0 Å². The Bertz CT molecular complexity index is 930. The molecule has 0 saturated carbocycles. The number of amides is 1. The molecule has 1 fully saturated rings. The van der Waals surface area contributed by atoms with Gasteiger partial charge in [-0.25, -0.2) is 4.68 Å². The van der Waals surface area contributed by atoms with Gasteiger partial charge in [-0.1, -0.05) is 17.3 Å². The lowest BCUT2D eigenvalue weighted by molar-refractivity contribution is 0.0858. The summed E-state index contributed by atoms with van der Waals surface area (Å²) < 4.78 is 12.5. The van der Waals surface area contributed by atoms with Crippen molar-refractivity contribution >= 4 is 16.9 Å². The van der Waals surface area contributed by atoms with Gasteiger partial charge < -0.3 is 14.8 Å². The first kappa shape index (κ1) is 17.5. The second-order valence-electron chi connectivity index (χ2n) is 6.64. The fraction of sp³-hybridized carbons (Fsp3) is 0.350. The quantitative estimate of drug-likeness (QED) is 0.725. The Kier molecular flexibility index (Phi) is 5.02. The molecule has 2 aromatic carbocycles. The Morgan fingerprint density at radius 3 is 2.89 bits per heavy atom. The largest absolute Gasteiger partial charge is 0.497 e. The number of hydrogen-bond acceptors (Lipinski definition) is 5. The molecule has 1 amide bonds. The molecule has 27 heavy (non-hydrogen) atoms. The average molecular weight is 366 g/mol. The maximum Gasteiger partial charge on any atom is 0.251 e. The molecule has 4 rings (SSSR count). The van der Waals surface area contributed by atoms with E-state index in [1.54, 1.807) is 19.2 Å². The fourth-order valence-corrected chi connectivity index (χ4v) is 3.25. The molecule has 2 heterocycles. The van der Waals surface area contributed by atoms with Crippen molar-refractivity contribution < 1.29 is 14.3 Å². The van der Waals surface area contributed by atoms with Crippen molar-refractivity contribution in [3.8, 4) is 5.75 Å². The highest BCUT2D eigenvalue weighted by molar-refractivity contribution is 5.97. The van der Waals surface area contributed by atoms with E-state index in [0.29, 0.717) is 24.2 Å². The molecule has 7 heteroatoms. The maximum absolute atomic E-state index is 12.4. The molecule has 1 atom stereocenters. The van der Waals surface area contributed by atoms with Gasteiger partial charge in [-0.3, -0.25) is 4.79 Å². The molecular formula is C20H22N4O3. The maximum atomic E-state index is 12.4. The lowest BCUT2D eigenvalue weighted by atomic mass is 10.1. The molecule has 0 aliphatic carbocycles. The van der Waals surface area contributed by atoms with Crippen LogP contribution in [0.5, 0.6) is 5.75 Å². The van der Waals surface area contributed by atoms with E-state index in [1.807, 2.05) is 35.0 Å². The van der Waals surface area contributed by atoms with Crippen LogP contribution in [0, 0.1) is 0 Å². The van der Waals surface area contributed by atoms with Crippen LogP contribution in [0.4, 0.5) is 0 Å². The third kappa shape index (κ3) is 3.93. The van der Waals surface area contributed by atoms with Crippen LogP contribution in [0.15, 0.2) is 42.5 Å². The summed E-state index contributed by atoms with van der Waals surface area (Å²) in [6, 6.07) is 13.3. The number of hydrogen-bond donors (Lipinski definition) is 1. The Hall–Kier alpha value is -2.93. The van der Waals surface area contributed by atoms with Gasteiger partial charge in [0.1, 0.15) is 11.3 Å². The van der Waals surface area contributed by atoms with E-state index in [0.717, 1.165) is 36.3 Å². The van der Waals surface area contributed by atoms with Gasteiger partial charge in [0, 0.05) is 18.7 Å². The first-order valence-electron chi connectivity index (χ1n) is 9.09. The minimum absolute atomic E-state index is 0.114. The number of aromatic nitrogens is 3. The lowest BCUT2D eigenvalue weighted by Gasteiger charge is -2.10. The second-order valence-corrected chi connectivity index (χ2v) is 6.64. The predicted molar refractivity (Wildman–Crippen MR) is 101 cm³/mol. The number of fused-ring (bicyclic) bond motifs is 1. The number of benzene rings is 2. The van der Waals surface area contributed by atoms with Gasteiger partial charge in [0.15, 0.2) is 0 Å². The van der Waals surface area contributed by atoms with Gasteiger partial charge in [0.25, 0.3) is 5.91 Å². The lowest BCUT2D eigenvalue weighted by Crippen LogP contribution is -2.31. The van der Waals surface area contributed by atoms with Crippen molar-refractivity contribution in [2.24, 2.45) is 0 Å². The summed E-state index contributed by atoms with van der Waals surface area (Å²) in [5.74, 6) is 0.706. The molecule has 1 saturated heterocycles. The Morgan fingerprint density at radius 2 is 2.15 bits per heavy atom. The normalized spacial score (nSPS) is 16.6. The average Bonchev–Trinajstić information content (AvgIpc) is 3.36. The molecule has 1 aliphatic rings. The van der Waals surface area contributed by atoms with Crippen LogP contribution in [0.1, 0.15) is 28.8 Å². The van der Waals surface area contributed by atoms with E-state index in [2.05, 4.69) is 15.6 Å². The van der Waals surface area contributed by atoms with Gasteiger partial charge in [-0.2, -0.15) is 0 Å². The highest BCUT2D eigenvalue weighted by Crippen LogP contribution is 2.17. The van der Waals surface area contributed by atoms with E-state index in [-0.39, 0.29) is 12.0 Å². The number of methoxy groups -OCH3 is 1. The Morgan fingerprint density at radius 1 is 1.30 bits per heavy atom. The highest BCUT2D eigenvalue weighted by Gasteiger charge is 2.17. The molecule has 140 valence electrons. The van der Waals surface area contributed by atoms with E-state index in [1.165, 1.54) is 0 Å². The summed E-state index contributed by atoms with van der Waals surface area (Å²) >= 11 is 0. The first-order chi connectivity index (χ1) is 13.2. The Balaban J connectivity index is 1.46. The van der Waals surface area contributed by atoms with Crippen LogP contribution >= 0.6 is 0 Å². The summed E-state index contributed by atoms with van der Waals surface area (Å²) in [6.45, 7) is 1.93. The molecule has 1 aromatic heterocycles. The van der Waals surface area contributed by atoms with Crippen LogP contribution in [-0.2, 0) is 11.3 Å². The van der Waals surface area contributed by atoms with Crippen LogP contribution in [0.25, 0.3) is 11.0 Å². The number of nitrogens with one attached hydrogen (secondary N) is 1. The van der Waals surface area contributed by atoms with Crippen LogP contribution in [-0.4, -0.2) is 47.3 Å². The van der Waals surface area contributed by atoms with Gasteiger partial charge in [-0.05, 0) is 48.7 Å². The van der Waals surface area contributed by atoms with Crippen molar-refractivity contribution in [3.63, 3.8) is 0 Å². The smallest absolute Gasteiger partial charge is 0.251 e. The van der Waals surface area contributed by atoms with E-state index in [9.17, 15) is 4.79 Å². The Labute approximate surface area is 157 Å². The van der Waals surface area contributed by atoms with Crippen molar-refractivity contribution in [3.05, 3.63) is 53.6 Å². The summed E-state index contributed by atoms with van der Waals surface area (Å²) in [4.78, 5) is 12.4. The van der Waals surface area contributed by atoms with Crippen LogP contribution in [0.3, 0.4) is 0 Å².